The molecule has 0 aliphatic heterocycles. The number of nitriles is 2. The third kappa shape index (κ3) is 2.43. The van der Waals surface area contributed by atoms with Crippen LogP contribution in [-0.2, 0) is 6.18 Å². The lowest BCUT2D eigenvalue weighted by atomic mass is 9.95. The van der Waals surface area contributed by atoms with E-state index in [9.17, 15) is 23.7 Å². The lowest BCUT2D eigenvalue weighted by molar-refractivity contribution is -0.137. The van der Waals surface area contributed by atoms with Gasteiger partial charge < -0.3 is 5.73 Å². The SMILES string of the molecule is N#Cc1c(-c2cccc(C(F)(F)F)c2)c(C#N)c2nc3ccccc3n2c1N. The summed E-state index contributed by atoms with van der Waals surface area (Å²) in [6.45, 7) is 0. The smallest absolute Gasteiger partial charge is 0.384 e. The molecule has 2 aromatic carbocycles. The van der Waals surface area contributed by atoms with E-state index in [1.54, 1.807) is 24.3 Å². The zero-order chi connectivity index (χ0) is 20.1. The largest absolute Gasteiger partial charge is 0.416 e. The fraction of sp³-hybridized carbons (Fsp3) is 0.0500. The van der Waals surface area contributed by atoms with Gasteiger partial charge in [0.2, 0.25) is 0 Å². The average molecular weight is 377 g/mol. The monoisotopic (exact) mass is 377 g/mol. The molecule has 0 spiro atoms. The van der Waals surface area contributed by atoms with E-state index in [2.05, 4.69) is 4.98 Å². The number of alkyl halides is 3. The Morgan fingerprint density at radius 1 is 0.964 bits per heavy atom. The lowest BCUT2D eigenvalue weighted by Crippen LogP contribution is -2.07. The van der Waals surface area contributed by atoms with Crippen molar-refractivity contribution < 1.29 is 13.2 Å². The summed E-state index contributed by atoms with van der Waals surface area (Å²) in [6, 6.07) is 15.4. The number of fused-ring (bicyclic) bond motifs is 3. The highest BCUT2D eigenvalue weighted by atomic mass is 19.4. The molecule has 0 bridgehead atoms. The van der Waals surface area contributed by atoms with Crippen LogP contribution in [0.3, 0.4) is 0 Å². The zero-order valence-electron chi connectivity index (χ0n) is 14.1. The normalized spacial score (nSPS) is 11.5. The van der Waals surface area contributed by atoms with Crippen molar-refractivity contribution in [2.75, 3.05) is 5.73 Å². The van der Waals surface area contributed by atoms with Crippen molar-refractivity contribution in [1.29, 1.82) is 10.5 Å². The quantitative estimate of drug-likeness (QED) is 0.529. The van der Waals surface area contributed by atoms with E-state index in [1.165, 1.54) is 16.5 Å². The van der Waals surface area contributed by atoms with Crippen LogP contribution in [0.15, 0.2) is 48.5 Å². The van der Waals surface area contributed by atoms with E-state index in [-0.39, 0.29) is 33.7 Å². The van der Waals surface area contributed by atoms with Crippen LogP contribution in [-0.4, -0.2) is 9.38 Å². The van der Waals surface area contributed by atoms with Gasteiger partial charge in [-0.15, -0.1) is 0 Å². The van der Waals surface area contributed by atoms with Crippen molar-refractivity contribution in [1.82, 2.24) is 9.38 Å². The highest BCUT2D eigenvalue weighted by molar-refractivity contribution is 5.92. The molecule has 2 heterocycles. The van der Waals surface area contributed by atoms with Gasteiger partial charge in [0, 0.05) is 5.56 Å². The second kappa shape index (κ2) is 6.00. The van der Waals surface area contributed by atoms with Crippen molar-refractivity contribution >= 4 is 22.5 Å². The number of para-hydroxylation sites is 2. The third-order valence-corrected chi connectivity index (χ3v) is 4.48. The summed E-state index contributed by atoms with van der Waals surface area (Å²) in [5.41, 5.74) is 6.67. The Bertz CT molecular complexity index is 1340. The molecule has 0 radical (unpaired) electrons. The van der Waals surface area contributed by atoms with Crippen LogP contribution >= 0.6 is 0 Å². The van der Waals surface area contributed by atoms with Gasteiger partial charge in [0.25, 0.3) is 0 Å². The van der Waals surface area contributed by atoms with Gasteiger partial charge in [0.15, 0.2) is 5.65 Å². The number of hydrogen-bond acceptors (Lipinski definition) is 4. The molecule has 0 atom stereocenters. The van der Waals surface area contributed by atoms with E-state index in [1.807, 2.05) is 12.1 Å². The van der Waals surface area contributed by atoms with Crippen LogP contribution in [0.2, 0.25) is 0 Å². The third-order valence-electron chi connectivity index (χ3n) is 4.48. The van der Waals surface area contributed by atoms with Crippen LogP contribution in [0.5, 0.6) is 0 Å². The van der Waals surface area contributed by atoms with Crippen molar-refractivity contribution in [3.8, 4) is 23.3 Å². The molecule has 5 nitrogen and oxygen atoms in total. The molecule has 4 rings (SSSR count). The molecule has 8 heteroatoms. The van der Waals surface area contributed by atoms with Crippen LogP contribution in [0.25, 0.3) is 27.8 Å². The zero-order valence-corrected chi connectivity index (χ0v) is 14.1. The Hall–Kier alpha value is -4.04. The predicted molar refractivity (Wildman–Crippen MR) is 97.0 cm³/mol. The predicted octanol–water partition coefficient (Wildman–Crippen LogP) is 4.50. The number of rotatable bonds is 1. The molecule has 0 aliphatic carbocycles. The highest BCUT2D eigenvalue weighted by Crippen LogP contribution is 2.38. The summed E-state index contributed by atoms with van der Waals surface area (Å²) in [5, 5.41) is 19.5. The molecular formula is C20H10F3N5. The Labute approximate surface area is 156 Å². The van der Waals surface area contributed by atoms with E-state index >= 15 is 0 Å². The Morgan fingerprint density at radius 2 is 1.68 bits per heavy atom. The first kappa shape index (κ1) is 17.4. The number of pyridine rings is 1. The van der Waals surface area contributed by atoms with Gasteiger partial charge >= 0.3 is 6.18 Å². The minimum absolute atomic E-state index is 0.0117. The summed E-state index contributed by atoms with van der Waals surface area (Å²) in [7, 11) is 0. The van der Waals surface area contributed by atoms with Crippen molar-refractivity contribution in [2.45, 2.75) is 6.18 Å². The number of halogens is 3. The van der Waals surface area contributed by atoms with Gasteiger partial charge in [-0.2, -0.15) is 23.7 Å². The molecule has 0 saturated carbocycles. The van der Waals surface area contributed by atoms with Crippen LogP contribution < -0.4 is 5.73 Å². The topological polar surface area (TPSA) is 90.9 Å². The molecule has 0 aliphatic rings. The van der Waals surface area contributed by atoms with Crippen molar-refractivity contribution in [3.63, 3.8) is 0 Å². The Balaban J connectivity index is 2.17. The van der Waals surface area contributed by atoms with Gasteiger partial charge in [-0.25, -0.2) is 4.98 Å². The number of anilines is 1. The van der Waals surface area contributed by atoms with Crippen LogP contribution in [0, 0.1) is 22.7 Å². The highest BCUT2D eigenvalue weighted by Gasteiger charge is 2.31. The molecule has 0 unspecified atom stereocenters. The van der Waals surface area contributed by atoms with Gasteiger partial charge in [-0.05, 0) is 29.8 Å². The summed E-state index contributed by atoms with van der Waals surface area (Å²) in [4.78, 5) is 4.41. The van der Waals surface area contributed by atoms with E-state index in [4.69, 9.17) is 5.73 Å². The summed E-state index contributed by atoms with van der Waals surface area (Å²) < 4.78 is 40.9. The lowest BCUT2D eigenvalue weighted by Gasteiger charge is -2.14. The first-order valence-corrected chi connectivity index (χ1v) is 8.07. The summed E-state index contributed by atoms with van der Waals surface area (Å²) >= 11 is 0. The summed E-state index contributed by atoms with van der Waals surface area (Å²) in [6.07, 6.45) is -4.56. The molecule has 4 aromatic rings. The van der Waals surface area contributed by atoms with Crippen LogP contribution in [0.4, 0.5) is 19.0 Å². The maximum absolute atomic E-state index is 13.1. The van der Waals surface area contributed by atoms with Crippen molar-refractivity contribution in [2.24, 2.45) is 0 Å². The molecular weight excluding hydrogens is 367 g/mol. The maximum Gasteiger partial charge on any atom is 0.416 e. The van der Waals surface area contributed by atoms with Gasteiger partial charge in [0.05, 0.1) is 16.6 Å². The second-order valence-corrected chi connectivity index (χ2v) is 6.07. The van der Waals surface area contributed by atoms with Gasteiger partial charge in [-0.3, -0.25) is 4.40 Å². The fourth-order valence-electron chi connectivity index (χ4n) is 3.27. The summed E-state index contributed by atoms with van der Waals surface area (Å²) in [5.74, 6) is 0.0117. The average Bonchev–Trinajstić information content (AvgIpc) is 3.07. The van der Waals surface area contributed by atoms with Gasteiger partial charge in [-0.1, -0.05) is 24.3 Å². The number of nitrogen functional groups attached to an aromatic ring is 1. The minimum atomic E-state index is -4.56. The molecule has 0 saturated heterocycles. The molecule has 0 amide bonds. The van der Waals surface area contributed by atoms with Gasteiger partial charge in [0.1, 0.15) is 29.1 Å². The number of benzene rings is 2. The Kier molecular flexibility index (Phi) is 3.72. The molecule has 2 aromatic heterocycles. The molecule has 136 valence electrons. The minimum Gasteiger partial charge on any atom is -0.384 e. The maximum atomic E-state index is 13.1. The molecule has 0 fully saturated rings. The Morgan fingerprint density at radius 3 is 2.36 bits per heavy atom. The molecule has 2 N–H and O–H groups in total. The van der Waals surface area contributed by atoms with E-state index < -0.39 is 11.7 Å². The number of nitrogens with zero attached hydrogens (tertiary/aromatic N) is 4. The van der Waals surface area contributed by atoms with Crippen molar-refractivity contribution in [3.05, 3.63) is 65.2 Å². The fourth-order valence-corrected chi connectivity index (χ4v) is 3.27. The number of imidazole rings is 1. The number of nitrogens with two attached hydrogens (primary N) is 1. The number of aromatic nitrogens is 2. The molecule has 28 heavy (non-hydrogen) atoms. The first-order valence-electron chi connectivity index (χ1n) is 8.07. The van der Waals surface area contributed by atoms with E-state index in [0.717, 1.165) is 12.1 Å². The van der Waals surface area contributed by atoms with E-state index in [0.29, 0.717) is 11.0 Å². The second-order valence-electron chi connectivity index (χ2n) is 6.07. The first-order chi connectivity index (χ1) is 13.4. The number of hydrogen-bond donors (Lipinski definition) is 1. The van der Waals surface area contributed by atoms with Crippen LogP contribution in [0.1, 0.15) is 16.7 Å². The standard InChI is InChI=1S/C20H10F3N5/c21-20(22,23)12-5-3-4-11(8-12)17-13(9-24)18(26)28-16-7-2-1-6-15(16)27-19(28)14(17)10-25/h1-8H,26H2.